The lowest BCUT2D eigenvalue weighted by Gasteiger charge is -2.30. The van der Waals surface area contributed by atoms with E-state index in [2.05, 4.69) is 21.3 Å². The van der Waals surface area contributed by atoms with Crippen LogP contribution in [0, 0.1) is 0 Å². The molecule has 2 fully saturated rings. The summed E-state index contributed by atoms with van der Waals surface area (Å²) in [6.07, 6.45) is -1.70. The molecule has 2 amide bonds. The van der Waals surface area contributed by atoms with Crippen LogP contribution in [0.15, 0.2) is 72.8 Å². The first-order chi connectivity index (χ1) is 20.6. The Labute approximate surface area is 243 Å². The Morgan fingerprint density at radius 1 is 0.791 bits per heavy atom. The van der Waals surface area contributed by atoms with E-state index in [0.717, 1.165) is 27.7 Å². The molecular weight excluding hydrogens is 566 g/mol. The van der Waals surface area contributed by atoms with Crippen LogP contribution in [0.25, 0.3) is 22.2 Å². The molecule has 12 heteroatoms. The first-order valence-corrected chi connectivity index (χ1v) is 13.9. The van der Waals surface area contributed by atoms with Crippen molar-refractivity contribution in [2.75, 3.05) is 23.7 Å². The highest BCUT2D eigenvalue weighted by molar-refractivity contribution is 5.99. The van der Waals surface area contributed by atoms with E-state index in [4.69, 9.17) is 4.74 Å². The number of ether oxygens (including phenoxy) is 1. The Morgan fingerprint density at radius 3 is 2.00 bits per heavy atom. The second-order valence-electron chi connectivity index (χ2n) is 11.2. The molecule has 4 aromatic rings. The van der Waals surface area contributed by atoms with E-state index in [0.29, 0.717) is 17.1 Å². The monoisotopic (exact) mass is 593 g/mol. The highest BCUT2D eigenvalue weighted by Gasteiger charge is 2.43. The topological polar surface area (TPSA) is 96.4 Å². The lowest BCUT2D eigenvalue weighted by atomic mass is 10.1. The normalized spacial score (nSPS) is 23.3. The lowest BCUT2D eigenvalue weighted by molar-refractivity contribution is -0.119. The van der Waals surface area contributed by atoms with Gasteiger partial charge in [-0.2, -0.15) is 0 Å². The van der Waals surface area contributed by atoms with Gasteiger partial charge in [0.2, 0.25) is 18.0 Å². The molecule has 43 heavy (non-hydrogen) atoms. The van der Waals surface area contributed by atoms with Gasteiger partial charge in [-0.25, -0.2) is 17.6 Å². The van der Waals surface area contributed by atoms with E-state index >= 15 is 0 Å². The Kier molecular flexibility index (Phi) is 6.44. The molecule has 3 aliphatic heterocycles. The molecule has 8 nitrogen and oxygen atoms in total. The second kappa shape index (κ2) is 10.1. The molecule has 0 saturated carbocycles. The molecular formula is C31H27F4N5O3. The molecule has 3 aromatic carbocycles. The molecule has 0 aliphatic carbocycles. The third-order valence-electron chi connectivity index (χ3n) is 8.04. The maximum Gasteiger partial charge on any atom is 0.262 e. The van der Waals surface area contributed by atoms with Crippen LogP contribution in [-0.4, -0.2) is 53.4 Å². The smallest absolute Gasteiger partial charge is 0.262 e. The molecule has 2 saturated heterocycles. The van der Waals surface area contributed by atoms with Gasteiger partial charge in [-0.05, 0) is 36.4 Å². The zero-order valence-electron chi connectivity index (χ0n) is 22.7. The van der Waals surface area contributed by atoms with Crippen molar-refractivity contribution in [2.45, 2.75) is 43.0 Å². The summed E-state index contributed by atoms with van der Waals surface area (Å²) < 4.78 is 63.0. The predicted molar refractivity (Wildman–Crippen MR) is 153 cm³/mol. The largest absolute Gasteiger partial charge is 0.465 e. The van der Waals surface area contributed by atoms with Crippen molar-refractivity contribution < 1.29 is 31.9 Å². The van der Waals surface area contributed by atoms with E-state index in [1.807, 2.05) is 47.0 Å². The van der Waals surface area contributed by atoms with Crippen molar-refractivity contribution in [2.24, 2.45) is 0 Å². The molecule has 0 radical (unpaired) electrons. The maximum absolute atomic E-state index is 13.6. The molecule has 3 aliphatic rings. The number of nitrogens with one attached hydrogen (secondary N) is 4. The highest BCUT2D eigenvalue weighted by atomic mass is 19.3. The van der Waals surface area contributed by atoms with Gasteiger partial charge < -0.3 is 19.9 Å². The van der Waals surface area contributed by atoms with Crippen molar-refractivity contribution in [3.05, 3.63) is 78.4 Å². The highest BCUT2D eigenvalue weighted by Crippen LogP contribution is 2.45. The molecule has 4 N–H and O–H groups in total. The Hall–Kier alpha value is -4.42. The second-order valence-corrected chi connectivity index (χ2v) is 11.2. The lowest BCUT2D eigenvalue weighted by Crippen LogP contribution is -2.35. The van der Waals surface area contributed by atoms with Crippen LogP contribution >= 0.6 is 0 Å². The Balaban J connectivity index is 1.21. The van der Waals surface area contributed by atoms with E-state index in [1.54, 1.807) is 30.3 Å². The minimum absolute atomic E-state index is 0.410. The summed E-state index contributed by atoms with van der Waals surface area (Å²) in [4.78, 5) is 25.3. The number of anilines is 2. The summed E-state index contributed by atoms with van der Waals surface area (Å²) in [6, 6.07) is 20.0. The van der Waals surface area contributed by atoms with E-state index in [9.17, 15) is 27.2 Å². The van der Waals surface area contributed by atoms with Crippen molar-refractivity contribution in [3.63, 3.8) is 0 Å². The minimum Gasteiger partial charge on any atom is -0.465 e. The number of hydrogen-bond acceptors (Lipinski definition) is 5. The van der Waals surface area contributed by atoms with Crippen LogP contribution in [-0.2, 0) is 9.59 Å². The van der Waals surface area contributed by atoms with Gasteiger partial charge in [-0.1, -0.05) is 30.3 Å². The number of halogens is 4. The van der Waals surface area contributed by atoms with Crippen LogP contribution in [0.4, 0.5) is 28.9 Å². The van der Waals surface area contributed by atoms with E-state index < -0.39 is 67.9 Å². The van der Waals surface area contributed by atoms with E-state index in [1.165, 1.54) is 0 Å². The SMILES string of the molecule is O=C(Nc1ccc2c(c1)OC(c1ccccc1)n1c-2cc2cc(NC(=O)[C@@H]3CC(F)(F)CN3)ccc21)[C@@H]1CC(F)(F)CN1. The van der Waals surface area contributed by atoms with Gasteiger partial charge in [0.25, 0.3) is 11.8 Å². The molecule has 3 atom stereocenters. The van der Waals surface area contributed by atoms with Crippen molar-refractivity contribution in [1.82, 2.24) is 15.2 Å². The van der Waals surface area contributed by atoms with Crippen LogP contribution in [0.3, 0.4) is 0 Å². The predicted octanol–water partition coefficient (Wildman–Crippen LogP) is 5.12. The number of aromatic nitrogens is 1. The number of carbonyl (C=O) groups excluding carboxylic acids is 2. The molecule has 7 rings (SSSR count). The summed E-state index contributed by atoms with van der Waals surface area (Å²) in [5.74, 6) is -6.43. The summed E-state index contributed by atoms with van der Waals surface area (Å²) in [7, 11) is 0. The first-order valence-electron chi connectivity index (χ1n) is 13.9. The quantitative estimate of drug-likeness (QED) is 0.241. The van der Waals surface area contributed by atoms with Gasteiger partial charge in [0.15, 0.2) is 0 Å². The van der Waals surface area contributed by atoms with Gasteiger partial charge >= 0.3 is 0 Å². The summed E-state index contributed by atoms with van der Waals surface area (Å²) in [5, 5.41) is 11.4. The van der Waals surface area contributed by atoms with Crippen LogP contribution in [0.5, 0.6) is 5.75 Å². The molecule has 222 valence electrons. The first kappa shape index (κ1) is 27.4. The molecule has 4 heterocycles. The third-order valence-corrected chi connectivity index (χ3v) is 8.04. The summed E-state index contributed by atoms with van der Waals surface area (Å²) in [6.45, 7) is -1.07. The van der Waals surface area contributed by atoms with Crippen molar-refractivity contribution in [3.8, 4) is 17.0 Å². The van der Waals surface area contributed by atoms with Crippen molar-refractivity contribution >= 4 is 34.1 Å². The van der Waals surface area contributed by atoms with Crippen molar-refractivity contribution in [1.29, 1.82) is 0 Å². The molecule has 1 aromatic heterocycles. The molecule has 0 bridgehead atoms. The summed E-state index contributed by atoms with van der Waals surface area (Å²) in [5.41, 5.74) is 4.13. The fraction of sp³-hybridized carbons (Fsp3) is 0.290. The number of fused-ring (bicyclic) bond motifs is 5. The fourth-order valence-electron chi connectivity index (χ4n) is 5.95. The number of amides is 2. The van der Waals surface area contributed by atoms with Gasteiger partial charge in [0.1, 0.15) is 5.75 Å². The third kappa shape index (κ3) is 5.21. The number of rotatable bonds is 5. The maximum atomic E-state index is 13.6. The number of hydrogen-bond donors (Lipinski definition) is 4. The van der Waals surface area contributed by atoms with Gasteiger partial charge in [-0.3, -0.25) is 20.2 Å². The zero-order valence-corrected chi connectivity index (χ0v) is 22.7. The number of benzene rings is 3. The fourth-order valence-corrected chi connectivity index (χ4v) is 5.95. The number of alkyl halides is 4. The average molecular weight is 594 g/mol. The summed E-state index contributed by atoms with van der Waals surface area (Å²) >= 11 is 0. The van der Waals surface area contributed by atoms with Crippen LogP contribution in [0.2, 0.25) is 0 Å². The Morgan fingerprint density at radius 2 is 1.40 bits per heavy atom. The average Bonchev–Trinajstić information content (AvgIpc) is 3.66. The molecule has 0 spiro atoms. The van der Waals surface area contributed by atoms with Gasteiger partial charge in [-0.15, -0.1) is 0 Å². The minimum atomic E-state index is -2.93. The van der Waals surface area contributed by atoms with Gasteiger partial charge in [0, 0.05) is 46.8 Å². The zero-order chi connectivity index (χ0) is 29.9. The van der Waals surface area contributed by atoms with Crippen LogP contribution < -0.4 is 26.0 Å². The van der Waals surface area contributed by atoms with Crippen LogP contribution in [0.1, 0.15) is 24.6 Å². The Bertz CT molecular complexity index is 1740. The molecule has 1 unspecified atom stereocenters. The number of carbonyl (C=O) groups is 2. The van der Waals surface area contributed by atoms with E-state index in [-0.39, 0.29) is 0 Å². The standard InChI is InChI=1S/C31H27F4N5O3/c32-30(33)13-22(36-15-30)27(41)38-19-7-9-24-18(10-19)11-25-21-8-6-20(39-28(42)23-14-31(34,35)16-37-23)12-26(21)43-29(40(24)25)17-4-2-1-3-5-17/h1-12,22-23,29,36-37H,13-16H2,(H,38,41)(H,39,42)/t22-,23-,29?/m0/s1. The number of nitrogens with zero attached hydrogens (tertiary/aromatic N) is 1. The van der Waals surface area contributed by atoms with Gasteiger partial charge in [0.05, 0.1) is 36.4 Å².